The first kappa shape index (κ1) is 10.8. The van der Waals surface area contributed by atoms with Gasteiger partial charge >= 0.3 is 0 Å². The lowest BCUT2D eigenvalue weighted by atomic mass is 9.96. The molecule has 0 N–H and O–H groups in total. The van der Waals surface area contributed by atoms with Gasteiger partial charge in [0.1, 0.15) is 18.8 Å². The summed E-state index contributed by atoms with van der Waals surface area (Å²) in [5.74, 6) is 1.62. The lowest BCUT2D eigenvalue weighted by molar-refractivity contribution is 0.405. The Bertz CT molecular complexity index is 524. The van der Waals surface area contributed by atoms with Crippen LogP contribution in [0.1, 0.15) is 23.7 Å². The topological polar surface area (TPSA) is 78.1 Å². The molecule has 0 saturated carbocycles. The van der Waals surface area contributed by atoms with Gasteiger partial charge in [-0.3, -0.25) is 0 Å². The van der Waals surface area contributed by atoms with Crippen molar-refractivity contribution in [1.29, 1.82) is 0 Å². The number of hydrogen-bond donors (Lipinski definition) is 0. The molecule has 0 aliphatic heterocycles. The summed E-state index contributed by atoms with van der Waals surface area (Å²) in [6.07, 6.45) is 7.60. The van der Waals surface area contributed by atoms with Gasteiger partial charge < -0.3 is 13.5 Å². The molecule has 0 unspecified atom stereocenters. The summed E-state index contributed by atoms with van der Waals surface area (Å²) in [7, 11) is 0. The van der Waals surface area contributed by atoms with Crippen LogP contribution in [0.2, 0.25) is 0 Å². The van der Waals surface area contributed by atoms with Gasteiger partial charge in [-0.25, -0.2) is 4.98 Å². The van der Waals surface area contributed by atoms with Crippen molar-refractivity contribution in [2.45, 2.75) is 12.8 Å². The Hall–Kier alpha value is -2.37. The normalized spacial score (nSPS) is 11.2. The summed E-state index contributed by atoms with van der Waals surface area (Å²) < 4.78 is 14.9. The fourth-order valence-electron chi connectivity index (χ4n) is 1.73. The molecule has 0 aliphatic rings. The van der Waals surface area contributed by atoms with Gasteiger partial charge in [-0.15, -0.1) is 0 Å². The molecule has 0 aromatic carbocycles. The first-order chi connectivity index (χ1) is 8.93. The minimum Gasteiger partial charge on any atom is -0.449 e. The highest BCUT2D eigenvalue weighted by Gasteiger charge is 2.21. The fraction of sp³-hybridized carbons (Fsp3) is 0.167. The smallest absolute Gasteiger partial charge is 0.193 e. The van der Waals surface area contributed by atoms with Crippen molar-refractivity contribution in [1.82, 2.24) is 15.3 Å². The third-order valence-corrected chi connectivity index (χ3v) is 2.57. The molecule has 3 rings (SSSR count). The second-order valence-electron chi connectivity index (χ2n) is 3.67. The predicted molar refractivity (Wildman–Crippen MR) is 59.3 cm³/mol. The Morgan fingerprint density at radius 2 is 1.72 bits per heavy atom. The summed E-state index contributed by atoms with van der Waals surface area (Å²) in [6.45, 7) is 0. The van der Waals surface area contributed by atoms with Crippen LogP contribution in [0.3, 0.4) is 0 Å². The van der Waals surface area contributed by atoms with E-state index in [1.54, 1.807) is 24.6 Å². The van der Waals surface area contributed by atoms with Crippen LogP contribution >= 0.6 is 0 Å². The van der Waals surface area contributed by atoms with Crippen molar-refractivity contribution >= 4 is 0 Å². The molecule has 6 heteroatoms. The number of hydrogen-bond acceptors (Lipinski definition) is 6. The van der Waals surface area contributed by atoms with E-state index < -0.39 is 0 Å². The van der Waals surface area contributed by atoms with Crippen molar-refractivity contribution in [2.75, 3.05) is 0 Å². The van der Waals surface area contributed by atoms with Crippen LogP contribution in [0.4, 0.5) is 0 Å². The first-order valence-corrected chi connectivity index (χ1v) is 5.49. The minimum atomic E-state index is 0.669. The van der Waals surface area contributed by atoms with E-state index in [1.807, 2.05) is 0 Å². The molecule has 6 nitrogen and oxygen atoms in total. The van der Waals surface area contributed by atoms with Crippen molar-refractivity contribution in [3.8, 4) is 0 Å². The Morgan fingerprint density at radius 3 is 2.22 bits per heavy atom. The Labute approximate surface area is 103 Å². The van der Waals surface area contributed by atoms with Crippen LogP contribution < -0.4 is 0 Å². The van der Waals surface area contributed by atoms with E-state index in [0.29, 0.717) is 18.7 Å². The number of rotatable bonds is 5. The van der Waals surface area contributed by atoms with E-state index in [4.69, 9.17) is 13.5 Å². The van der Waals surface area contributed by atoms with E-state index in [1.165, 1.54) is 12.5 Å². The summed E-state index contributed by atoms with van der Waals surface area (Å²) >= 11 is 0. The van der Waals surface area contributed by atoms with Crippen LogP contribution in [0.25, 0.3) is 0 Å². The lowest BCUT2D eigenvalue weighted by Crippen LogP contribution is -2.05. The average molecular weight is 244 g/mol. The monoisotopic (exact) mass is 244 g/mol. The van der Waals surface area contributed by atoms with Gasteiger partial charge in [-0.2, -0.15) is 0 Å². The minimum absolute atomic E-state index is 0.669. The number of aryl methyl sites for hydroxylation is 1. The van der Waals surface area contributed by atoms with Gasteiger partial charge in [-0.1, -0.05) is 10.3 Å². The second-order valence-corrected chi connectivity index (χ2v) is 3.67. The quantitative estimate of drug-likeness (QED) is 0.685. The van der Waals surface area contributed by atoms with Crippen molar-refractivity contribution < 1.29 is 13.5 Å². The van der Waals surface area contributed by atoms with Crippen molar-refractivity contribution in [3.63, 3.8) is 0 Å². The first-order valence-electron chi connectivity index (χ1n) is 5.49. The molecule has 0 bridgehead atoms. The molecule has 91 valence electrons. The summed E-state index contributed by atoms with van der Waals surface area (Å²) in [4.78, 5) is 4.08. The number of oxazole rings is 1. The molecule has 0 fully saturated rings. The highest BCUT2D eigenvalue weighted by molar-refractivity contribution is 5.35. The Balaban J connectivity index is 1.78. The molecule has 3 aromatic heterocycles. The van der Waals surface area contributed by atoms with Crippen LogP contribution in [0.5, 0.6) is 0 Å². The van der Waals surface area contributed by atoms with Gasteiger partial charge in [0.25, 0.3) is 0 Å². The average Bonchev–Trinajstić information content (AvgIpc) is 3.14. The molecule has 1 radical (unpaired) electrons. The Kier molecular flexibility index (Phi) is 2.91. The van der Waals surface area contributed by atoms with E-state index in [0.717, 1.165) is 17.3 Å². The third-order valence-electron chi connectivity index (χ3n) is 2.57. The summed E-state index contributed by atoms with van der Waals surface area (Å²) in [6, 6.07) is 3.58. The fourth-order valence-corrected chi connectivity index (χ4v) is 1.73. The molecule has 0 aliphatic carbocycles. The second kappa shape index (κ2) is 4.87. The zero-order valence-corrected chi connectivity index (χ0v) is 9.44. The summed E-state index contributed by atoms with van der Waals surface area (Å²) in [5, 5.41) is 7.86. The van der Waals surface area contributed by atoms with Crippen LogP contribution in [-0.4, -0.2) is 15.3 Å². The zero-order valence-electron chi connectivity index (χ0n) is 9.44. The maximum absolute atomic E-state index is 5.21. The zero-order chi connectivity index (χ0) is 12.2. The van der Waals surface area contributed by atoms with Gasteiger partial charge in [0.15, 0.2) is 5.89 Å². The van der Waals surface area contributed by atoms with Gasteiger partial charge in [0.05, 0.1) is 23.5 Å². The maximum Gasteiger partial charge on any atom is 0.193 e. The number of nitrogens with zero attached hydrogens (tertiary/aromatic N) is 3. The van der Waals surface area contributed by atoms with E-state index in [2.05, 4.69) is 15.3 Å². The third kappa shape index (κ3) is 2.17. The number of aromatic nitrogens is 3. The van der Waals surface area contributed by atoms with Gasteiger partial charge in [0, 0.05) is 18.6 Å². The van der Waals surface area contributed by atoms with E-state index in [-0.39, 0.29) is 0 Å². The highest BCUT2D eigenvalue weighted by Crippen LogP contribution is 2.25. The molecule has 3 aromatic rings. The largest absolute Gasteiger partial charge is 0.449 e. The molecular weight excluding hydrogens is 234 g/mol. The lowest BCUT2D eigenvalue weighted by Gasteiger charge is -2.08. The molecule has 0 amide bonds. The molecule has 3 heterocycles. The van der Waals surface area contributed by atoms with E-state index in [9.17, 15) is 0 Å². The van der Waals surface area contributed by atoms with E-state index >= 15 is 0 Å². The maximum atomic E-state index is 5.21. The molecule has 0 saturated heterocycles. The van der Waals surface area contributed by atoms with Crippen molar-refractivity contribution in [3.05, 3.63) is 60.3 Å². The van der Waals surface area contributed by atoms with Crippen LogP contribution in [0, 0.1) is 5.92 Å². The van der Waals surface area contributed by atoms with Crippen LogP contribution in [-0.2, 0) is 6.42 Å². The molecule has 18 heavy (non-hydrogen) atoms. The van der Waals surface area contributed by atoms with Crippen LogP contribution in [0.15, 0.2) is 50.6 Å². The highest BCUT2D eigenvalue weighted by atomic mass is 16.5. The molecule has 0 spiro atoms. The molecular formula is C12H10N3O3. The SMILES string of the molecule is c1coc(CC[C](c2ccon2)c2ccon2)n1. The Morgan fingerprint density at radius 1 is 1.00 bits per heavy atom. The molecule has 0 atom stereocenters. The van der Waals surface area contributed by atoms with Crippen molar-refractivity contribution in [2.24, 2.45) is 0 Å². The standard InChI is InChI=1S/C12H10N3O3/c1(2-12-13-5-8-16-12)9(10-3-6-17-14-10)11-4-7-18-15-11/h3-8H,1-2H2. The van der Waals surface area contributed by atoms with Gasteiger partial charge in [0.2, 0.25) is 0 Å². The predicted octanol–water partition coefficient (Wildman–Crippen LogP) is 2.25. The van der Waals surface area contributed by atoms with Gasteiger partial charge in [-0.05, 0) is 6.42 Å². The summed E-state index contributed by atoms with van der Waals surface area (Å²) in [5.41, 5.74) is 1.49.